The topological polar surface area (TPSA) is 75.6 Å². The Bertz CT molecular complexity index is 618. The van der Waals surface area contributed by atoms with Gasteiger partial charge in [0.1, 0.15) is 5.75 Å². The van der Waals surface area contributed by atoms with Crippen LogP contribution in [0.2, 0.25) is 0 Å². The molecule has 0 aliphatic heterocycles. The highest BCUT2D eigenvalue weighted by Crippen LogP contribution is 2.34. The van der Waals surface area contributed by atoms with Crippen LogP contribution in [-0.2, 0) is 16.1 Å². The van der Waals surface area contributed by atoms with Crippen LogP contribution < -0.4 is 10.1 Å². The standard InChI is InChI=1S/C18H23NO4/c1-11-8-15(16(18(21)22)9-12(11)2)17(20)19-10-13-4-6-14(23-3)7-5-13/h4-7,15-16H,8-10H2,1-3H3,(H,19,20)(H,21,22)/t15-,16-/m0/s1. The number of benzene rings is 1. The lowest BCUT2D eigenvalue weighted by molar-refractivity contribution is -0.147. The molecule has 2 N–H and O–H groups in total. The van der Waals surface area contributed by atoms with E-state index in [4.69, 9.17) is 4.74 Å². The second kappa shape index (κ2) is 7.31. The molecule has 23 heavy (non-hydrogen) atoms. The summed E-state index contributed by atoms with van der Waals surface area (Å²) < 4.78 is 5.09. The van der Waals surface area contributed by atoms with E-state index >= 15 is 0 Å². The molecule has 0 bridgehead atoms. The highest BCUT2D eigenvalue weighted by molar-refractivity contribution is 5.85. The van der Waals surface area contributed by atoms with Crippen molar-refractivity contribution in [3.8, 4) is 5.75 Å². The van der Waals surface area contributed by atoms with Crippen LogP contribution in [0.4, 0.5) is 0 Å². The molecule has 1 amide bonds. The third-order valence-electron chi connectivity index (χ3n) is 4.55. The zero-order chi connectivity index (χ0) is 17.0. The Morgan fingerprint density at radius 1 is 1.13 bits per heavy atom. The van der Waals surface area contributed by atoms with E-state index in [2.05, 4.69) is 5.32 Å². The molecular weight excluding hydrogens is 294 g/mol. The Balaban J connectivity index is 2.02. The molecule has 0 saturated heterocycles. The number of rotatable bonds is 5. The number of carboxylic acids is 1. The van der Waals surface area contributed by atoms with Crippen LogP contribution in [0.3, 0.4) is 0 Å². The maximum absolute atomic E-state index is 12.4. The SMILES string of the molecule is COc1ccc(CNC(=O)[C@H]2CC(C)=C(C)C[C@@H]2C(=O)O)cc1. The number of amides is 1. The summed E-state index contributed by atoms with van der Waals surface area (Å²) in [5, 5.41) is 12.2. The number of carboxylic acid groups (broad SMARTS) is 1. The molecular formula is C18H23NO4. The minimum atomic E-state index is -0.901. The van der Waals surface area contributed by atoms with Crippen molar-refractivity contribution < 1.29 is 19.4 Å². The lowest BCUT2D eigenvalue weighted by Gasteiger charge is -2.29. The first-order chi connectivity index (χ1) is 10.9. The molecule has 0 fully saturated rings. The Kier molecular flexibility index (Phi) is 5.42. The monoisotopic (exact) mass is 317 g/mol. The van der Waals surface area contributed by atoms with E-state index in [9.17, 15) is 14.7 Å². The second-order valence-corrected chi connectivity index (χ2v) is 6.09. The van der Waals surface area contributed by atoms with Crippen molar-refractivity contribution in [1.82, 2.24) is 5.32 Å². The number of hydrogen-bond acceptors (Lipinski definition) is 3. The Morgan fingerprint density at radius 3 is 2.22 bits per heavy atom. The number of carbonyl (C=O) groups is 2. The summed E-state index contributed by atoms with van der Waals surface area (Å²) in [4.78, 5) is 23.9. The molecule has 5 heteroatoms. The Morgan fingerprint density at radius 2 is 1.70 bits per heavy atom. The minimum Gasteiger partial charge on any atom is -0.497 e. The molecule has 2 atom stereocenters. The van der Waals surface area contributed by atoms with Crippen LogP contribution in [0, 0.1) is 11.8 Å². The van der Waals surface area contributed by atoms with Gasteiger partial charge in [-0.3, -0.25) is 9.59 Å². The van der Waals surface area contributed by atoms with Gasteiger partial charge in [0.2, 0.25) is 5.91 Å². The van der Waals surface area contributed by atoms with Gasteiger partial charge in [0.15, 0.2) is 0 Å². The van der Waals surface area contributed by atoms with Crippen LogP contribution in [0.15, 0.2) is 35.4 Å². The minimum absolute atomic E-state index is 0.194. The lowest BCUT2D eigenvalue weighted by atomic mass is 9.76. The average Bonchev–Trinajstić information content (AvgIpc) is 2.55. The number of aliphatic carboxylic acids is 1. The number of methoxy groups -OCH3 is 1. The summed E-state index contributed by atoms with van der Waals surface area (Å²) in [7, 11) is 1.60. The Hall–Kier alpha value is -2.30. The largest absolute Gasteiger partial charge is 0.497 e. The van der Waals surface area contributed by atoms with Gasteiger partial charge in [-0.1, -0.05) is 23.3 Å². The molecule has 124 valence electrons. The highest BCUT2D eigenvalue weighted by atomic mass is 16.5. The molecule has 1 aliphatic carbocycles. The van der Waals surface area contributed by atoms with Crippen LogP contribution in [0.1, 0.15) is 32.3 Å². The van der Waals surface area contributed by atoms with Gasteiger partial charge in [-0.25, -0.2) is 0 Å². The van der Waals surface area contributed by atoms with Gasteiger partial charge in [0, 0.05) is 6.54 Å². The van der Waals surface area contributed by atoms with Crippen molar-refractivity contribution in [3.05, 3.63) is 41.0 Å². The molecule has 0 heterocycles. The molecule has 2 rings (SSSR count). The van der Waals surface area contributed by atoms with Crippen LogP contribution in [-0.4, -0.2) is 24.1 Å². The van der Waals surface area contributed by atoms with Crippen LogP contribution in [0.25, 0.3) is 0 Å². The molecule has 0 aromatic heterocycles. The second-order valence-electron chi connectivity index (χ2n) is 6.09. The van der Waals surface area contributed by atoms with E-state index < -0.39 is 17.8 Å². The predicted octanol–water partition coefficient (Wildman–Crippen LogP) is 2.76. The smallest absolute Gasteiger partial charge is 0.307 e. The van der Waals surface area contributed by atoms with Gasteiger partial charge < -0.3 is 15.2 Å². The molecule has 0 unspecified atom stereocenters. The van der Waals surface area contributed by atoms with E-state index in [1.54, 1.807) is 7.11 Å². The van der Waals surface area contributed by atoms with Crippen LogP contribution in [0.5, 0.6) is 5.75 Å². The molecule has 0 radical (unpaired) electrons. The molecule has 0 spiro atoms. The van der Waals surface area contributed by atoms with Gasteiger partial charge in [-0.05, 0) is 44.4 Å². The summed E-state index contributed by atoms with van der Waals surface area (Å²) in [5.41, 5.74) is 3.15. The molecule has 1 aromatic carbocycles. The predicted molar refractivity (Wildman–Crippen MR) is 87.1 cm³/mol. The quantitative estimate of drug-likeness (QED) is 0.819. The van der Waals surface area contributed by atoms with Crippen LogP contribution >= 0.6 is 0 Å². The van der Waals surface area contributed by atoms with Gasteiger partial charge in [0.25, 0.3) is 0 Å². The molecule has 1 aliphatic rings. The van der Waals surface area contributed by atoms with E-state index in [0.717, 1.165) is 22.5 Å². The number of hydrogen-bond donors (Lipinski definition) is 2. The summed E-state index contributed by atoms with van der Waals surface area (Å²) in [6.07, 6.45) is 0.957. The maximum Gasteiger partial charge on any atom is 0.307 e. The number of ether oxygens (including phenoxy) is 1. The summed E-state index contributed by atoms with van der Waals surface area (Å²) in [6, 6.07) is 7.42. The zero-order valence-corrected chi connectivity index (χ0v) is 13.8. The number of nitrogens with one attached hydrogen (secondary N) is 1. The average molecular weight is 317 g/mol. The summed E-state index contributed by atoms with van der Waals surface area (Å²) >= 11 is 0. The first-order valence-electron chi connectivity index (χ1n) is 7.71. The number of allylic oxidation sites excluding steroid dienone is 2. The van der Waals surface area contributed by atoms with E-state index in [1.807, 2.05) is 38.1 Å². The van der Waals surface area contributed by atoms with Crippen molar-refractivity contribution in [2.24, 2.45) is 11.8 Å². The molecule has 1 aromatic rings. The fraction of sp³-hybridized carbons (Fsp3) is 0.444. The van der Waals surface area contributed by atoms with Crippen molar-refractivity contribution in [3.63, 3.8) is 0 Å². The maximum atomic E-state index is 12.4. The van der Waals surface area contributed by atoms with Gasteiger partial charge in [0.05, 0.1) is 18.9 Å². The van der Waals surface area contributed by atoms with E-state index in [0.29, 0.717) is 19.4 Å². The highest BCUT2D eigenvalue weighted by Gasteiger charge is 2.37. The molecule has 5 nitrogen and oxygen atoms in total. The van der Waals surface area contributed by atoms with Gasteiger partial charge in [-0.2, -0.15) is 0 Å². The number of carbonyl (C=O) groups excluding carboxylic acids is 1. The van der Waals surface area contributed by atoms with Gasteiger partial charge in [-0.15, -0.1) is 0 Å². The summed E-state index contributed by atoms with van der Waals surface area (Å²) in [5.74, 6) is -1.49. The fourth-order valence-electron chi connectivity index (χ4n) is 2.89. The van der Waals surface area contributed by atoms with E-state index in [-0.39, 0.29) is 5.91 Å². The van der Waals surface area contributed by atoms with Crippen molar-refractivity contribution in [1.29, 1.82) is 0 Å². The third kappa shape index (κ3) is 4.12. The van der Waals surface area contributed by atoms with E-state index in [1.165, 1.54) is 0 Å². The first kappa shape index (κ1) is 17.1. The third-order valence-corrected chi connectivity index (χ3v) is 4.55. The van der Waals surface area contributed by atoms with Crippen molar-refractivity contribution >= 4 is 11.9 Å². The normalized spacial score (nSPS) is 21.0. The Labute approximate surface area is 136 Å². The summed E-state index contributed by atoms with van der Waals surface area (Å²) in [6.45, 7) is 4.29. The first-order valence-corrected chi connectivity index (χ1v) is 7.71. The molecule has 0 saturated carbocycles. The zero-order valence-electron chi connectivity index (χ0n) is 13.8. The van der Waals surface area contributed by atoms with Crippen molar-refractivity contribution in [2.75, 3.05) is 7.11 Å². The van der Waals surface area contributed by atoms with Gasteiger partial charge >= 0.3 is 5.97 Å². The van der Waals surface area contributed by atoms with Crippen molar-refractivity contribution in [2.45, 2.75) is 33.2 Å². The fourth-order valence-corrected chi connectivity index (χ4v) is 2.89. The lowest BCUT2D eigenvalue weighted by Crippen LogP contribution is -2.39.